The predicted octanol–water partition coefficient (Wildman–Crippen LogP) is 4.02. The third-order valence-electron chi connectivity index (χ3n) is 4.36. The molecule has 0 bridgehead atoms. The van der Waals surface area contributed by atoms with Crippen LogP contribution in [0.1, 0.15) is 11.7 Å². The van der Waals surface area contributed by atoms with E-state index in [9.17, 15) is 22.9 Å². The summed E-state index contributed by atoms with van der Waals surface area (Å²) in [5, 5.41) is 11.3. The fourth-order valence-corrected chi connectivity index (χ4v) is 4.37. The molecule has 1 aliphatic heterocycles. The molecule has 3 rings (SSSR count). The number of hydrogen-bond donors (Lipinski definition) is 0. The molecule has 0 spiro atoms. The first-order valence-corrected chi connectivity index (χ1v) is 10.7. The molecule has 1 unspecified atom stereocenters. The van der Waals surface area contributed by atoms with Crippen LogP contribution in [0.15, 0.2) is 35.2 Å². The van der Waals surface area contributed by atoms with Crippen LogP contribution >= 0.6 is 23.2 Å². The van der Waals surface area contributed by atoms with E-state index in [2.05, 4.69) is 0 Å². The fraction of sp³-hybridized carbons (Fsp3) is 0.294. The van der Waals surface area contributed by atoms with Crippen LogP contribution in [0, 0.1) is 15.9 Å². The Morgan fingerprint density at radius 3 is 2.61 bits per heavy atom. The molecule has 0 amide bonds. The molecular weight excluding hydrogens is 434 g/mol. The molecule has 0 radical (unpaired) electrons. The minimum absolute atomic E-state index is 0.102. The summed E-state index contributed by atoms with van der Waals surface area (Å²) in [4.78, 5) is 11.8. The standard InChI is InChI=1S/C17H15Cl2FN2O5S/c1-28(25,26)17-6-10(2-3-15(17)22(23)24)21-4-5-27-16(9-21)11-7-14(20)13(19)8-12(11)18/h2-3,6-8,16H,4-5,9H2,1H3. The van der Waals surface area contributed by atoms with E-state index in [1.54, 1.807) is 4.90 Å². The van der Waals surface area contributed by atoms with Crippen molar-refractivity contribution >= 4 is 44.4 Å². The number of hydrogen-bond acceptors (Lipinski definition) is 6. The highest BCUT2D eigenvalue weighted by atomic mass is 35.5. The zero-order valence-electron chi connectivity index (χ0n) is 14.6. The summed E-state index contributed by atoms with van der Waals surface area (Å²) in [6.07, 6.45) is 0.335. The summed E-state index contributed by atoms with van der Waals surface area (Å²) < 4.78 is 43.5. The molecule has 1 atom stereocenters. The van der Waals surface area contributed by atoms with Gasteiger partial charge in [-0.15, -0.1) is 0 Å². The van der Waals surface area contributed by atoms with E-state index in [0.29, 0.717) is 17.8 Å². The van der Waals surface area contributed by atoms with E-state index < -0.39 is 32.4 Å². The van der Waals surface area contributed by atoms with Crippen LogP contribution in [0.5, 0.6) is 0 Å². The number of benzene rings is 2. The van der Waals surface area contributed by atoms with Crippen molar-refractivity contribution in [2.45, 2.75) is 11.0 Å². The van der Waals surface area contributed by atoms with Crippen LogP contribution in [0.25, 0.3) is 0 Å². The van der Waals surface area contributed by atoms with Crippen LogP contribution in [0.4, 0.5) is 15.8 Å². The molecule has 1 fully saturated rings. The minimum atomic E-state index is -3.81. The second-order valence-electron chi connectivity index (χ2n) is 6.27. The molecule has 0 aliphatic carbocycles. The van der Waals surface area contributed by atoms with Gasteiger partial charge in [0.05, 0.1) is 16.6 Å². The van der Waals surface area contributed by atoms with Crippen molar-refractivity contribution in [1.82, 2.24) is 0 Å². The topological polar surface area (TPSA) is 89.8 Å². The van der Waals surface area contributed by atoms with Gasteiger partial charge in [0.2, 0.25) is 0 Å². The number of nitro groups is 1. The van der Waals surface area contributed by atoms with Crippen molar-refractivity contribution < 1.29 is 22.5 Å². The molecule has 150 valence electrons. The van der Waals surface area contributed by atoms with Gasteiger partial charge in [0.25, 0.3) is 5.69 Å². The molecule has 2 aromatic rings. The SMILES string of the molecule is CS(=O)(=O)c1cc(N2CCOC(c3cc(F)c(Cl)cc3Cl)C2)ccc1[N+](=O)[O-]. The van der Waals surface area contributed by atoms with Crippen LogP contribution < -0.4 is 4.90 Å². The van der Waals surface area contributed by atoms with Gasteiger partial charge >= 0.3 is 0 Å². The molecule has 2 aromatic carbocycles. The van der Waals surface area contributed by atoms with Crippen molar-refractivity contribution in [1.29, 1.82) is 0 Å². The molecule has 7 nitrogen and oxygen atoms in total. The first-order chi connectivity index (χ1) is 13.1. The third-order valence-corrected chi connectivity index (χ3v) is 6.10. The molecule has 1 heterocycles. The average molecular weight is 449 g/mol. The van der Waals surface area contributed by atoms with E-state index in [1.165, 1.54) is 24.3 Å². The van der Waals surface area contributed by atoms with Gasteiger partial charge in [-0.25, -0.2) is 12.8 Å². The van der Waals surface area contributed by atoms with Gasteiger partial charge < -0.3 is 9.64 Å². The Morgan fingerprint density at radius 1 is 1.25 bits per heavy atom. The van der Waals surface area contributed by atoms with Gasteiger partial charge in [-0.1, -0.05) is 23.2 Å². The van der Waals surface area contributed by atoms with E-state index in [1.807, 2.05) is 0 Å². The smallest absolute Gasteiger partial charge is 0.288 e. The van der Waals surface area contributed by atoms with Gasteiger partial charge in [0.15, 0.2) is 9.84 Å². The molecule has 0 N–H and O–H groups in total. The fourth-order valence-electron chi connectivity index (χ4n) is 3.00. The van der Waals surface area contributed by atoms with Crippen molar-refractivity contribution in [2.24, 2.45) is 0 Å². The lowest BCUT2D eigenvalue weighted by atomic mass is 10.1. The van der Waals surface area contributed by atoms with Gasteiger partial charge in [0.1, 0.15) is 16.8 Å². The number of sulfone groups is 1. The Kier molecular flexibility index (Phi) is 5.81. The van der Waals surface area contributed by atoms with E-state index in [0.717, 1.165) is 12.3 Å². The summed E-state index contributed by atoms with van der Waals surface area (Å²) >= 11 is 11.9. The zero-order chi connectivity index (χ0) is 20.6. The molecule has 0 aromatic heterocycles. The summed E-state index contributed by atoms with van der Waals surface area (Å²) in [6.45, 7) is 0.948. The Labute approximate surface area is 170 Å². The van der Waals surface area contributed by atoms with Crippen LogP contribution in [-0.4, -0.2) is 39.3 Å². The maximum atomic E-state index is 13.8. The maximum Gasteiger partial charge on any atom is 0.288 e. The number of anilines is 1. The van der Waals surface area contributed by atoms with Crippen LogP contribution in [-0.2, 0) is 14.6 Å². The number of rotatable bonds is 4. The Balaban J connectivity index is 1.95. The molecule has 11 heteroatoms. The van der Waals surface area contributed by atoms with Gasteiger partial charge in [-0.05, 0) is 24.3 Å². The highest BCUT2D eigenvalue weighted by Crippen LogP contribution is 2.35. The van der Waals surface area contributed by atoms with Crippen molar-refractivity contribution in [2.75, 3.05) is 30.9 Å². The molecule has 28 heavy (non-hydrogen) atoms. The highest BCUT2D eigenvalue weighted by molar-refractivity contribution is 7.90. The number of morpholine rings is 1. The minimum Gasteiger partial charge on any atom is -0.370 e. The molecule has 1 saturated heterocycles. The first kappa shape index (κ1) is 20.8. The third kappa shape index (κ3) is 4.22. The van der Waals surface area contributed by atoms with Crippen LogP contribution in [0.2, 0.25) is 10.0 Å². The van der Waals surface area contributed by atoms with Crippen molar-refractivity contribution in [3.63, 3.8) is 0 Å². The lowest BCUT2D eigenvalue weighted by molar-refractivity contribution is -0.387. The number of ether oxygens (including phenoxy) is 1. The summed E-state index contributed by atoms with van der Waals surface area (Å²) in [5.41, 5.74) is 0.405. The quantitative estimate of drug-likeness (QED) is 0.398. The van der Waals surface area contributed by atoms with Gasteiger partial charge in [-0.3, -0.25) is 10.1 Å². The molecular formula is C17H15Cl2FN2O5S. The first-order valence-electron chi connectivity index (χ1n) is 8.07. The molecule has 1 aliphatic rings. The predicted molar refractivity (Wildman–Crippen MR) is 104 cm³/mol. The Hall–Kier alpha value is -1.94. The van der Waals surface area contributed by atoms with Crippen LogP contribution in [0.3, 0.4) is 0 Å². The number of nitro benzene ring substituents is 1. The normalized spacial score (nSPS) is 17.6. The zero-order valence-corrected chi connectivity index (χ0v) is 16.9. The largest absolute Gasteiger partial charge is 0.370 e. The van der Waals surface area contributed by atoms with Crippen molar-refractivity contribution in [3.05, 3.63) is 61.9 Å². The Bertz CT molecular complexity index is 1050. The number of halogens is 3. The summed E-state index contributed by atoms with van der Waals surface area (Å²) in [6, 6.07) is 6.39. The van der Waals surface area contributed by atoms with E-state index in [4.69, 9.17) is 27.9 Å². The molecule has 0 saturated carbocycles. The van der Waals surface area contributed by atoms with Crippen molar-refractivity contribution in [3.8, 4) is 0 Å². The lowest BCUT2D eigenvalue weighted by Crippen LogP contribution is -2.38. The second kappa shape index (κ2) is 7.82. The number of nitrogens with zero attached hydrogens (tertiary/aromatic N) is 2. The van der Waals surface area contributed by atoms with Gasteiger partial charge in [-0.2, -0.15) is 0 Å². The highest BCUT2D eigenvalue weighted by Gasteiger charge is 2.28. The maximum absolute atomic E-state index is 13.8. The summed E-state index contributed by atoms with van der Waals surface area (Å²) in [5.74, 6) is -0.628. The second-order valence-corrected chi connectivity index (χ2v) is 9.07. The summed E-state index contributed by atoms with van der Waals surface area (Å²) in [7, 11) is -3.81. The van der Waals surface area contributed by atoms with E-state index >= 15 is 0 Å². The monoisotopic (exact) mass is 448 g/mol. The average Bonchev–Trinajstić information content (AvgIpc) is 2.63. The lowest BCUT2D eigenvalue weighted by Gasteiger charge is -2.35. The van der Waals surface area contributed by atoms with Gasteiger partial charge in [0, 0.05) is 41.7 Å². The van der Waals surface area contributed by atoms with E-state index in [-0.39, 0.29) is 28.1 Å². The Morgan fingerprint density at radius 2 is 1.96 bits per heavy atom.